The molecule has 164 valence electrons. The first kappa shape index (κ1) is 22.4. The Morgan fingerprint density at radius 3 is 2.43 bits per heavy atom. The van der Waals surface area contributed by atoms with Crippen LogP contribution in [0.25, 0.3) is 0 Å². The molecule has 2 fully saturated rings. The van der Waals surface area contributed by atoms with Crippen LogP contribution in [0, 0.1) is 6.92 Å². The number of urea groups is 2. The van der Waals surface area contributed by atoms with Crippen LogP contribution >= 0.6 is 11.6 Å². The number of carbonyl (C=O) groups excluding carboxylic acids is 3. The highest BCUT2D eigenvalue weighted by Crippen LogP contribution is 2.20. The number of anilines is 1. The Bertz CT molecular complexity index is 774. The second-order valence-corrected chi connectivity index (χ2v) is 8.42. The van der Waals surface area contributed by atoms with Crippen molar-refractivity contribution < 1.29 is 14.4 Å². The molecule has 0 atom stereocenters. The fourth-order valence-corrected chi connectivity index (χ4v) is 4.00. The summed E-state index contributed by atoms with van der Waals surface area (Å²) in [5.41, 5.74) is 1.61. The number of aryl methyl sites for hydroxylation is 1. The summed E-state index contributed by atoms with van der Waals surface area (Å²) < 4.78 is 0. The number of nitrogens with one attached hydrogen (secondary N) is 3. The highest BCUT2D eigenvalue weighted by molar-refractivity contribution is 6.31. The Morgan fingerprint density at radius 2 is 1.77 bits per heavy atom. The molecule has 1 aromatic carbocycles. The third-order valence-corrected chi connectivity index (χ3v) is 6.05. The Hall–Kier alpha value is -2.32. The second-order valence-electron chi connectivity index (χ2n) is 8.01. The molecule has 9 heteroatoms. The molecule has 0 unspecified atom stereocenters. The monoisotopic (exact) mass is 435 g/mol. The molecule has 1 aliphatic carbocycles. The minimum absolute atomic E-state index is 0.140. The summed E-state index contributed by atoms with van der Waals surface area (Å²) in [4.78, 5) is 40.2. The maximum Gasteiger partial charge on any atom is 0.321 e. The van der Waals surface area contributed by atoms with Gasteiger partial charge in [0.15, 0.2) is 0 Å². The summed E-state index contributed by atoms with van der Waals surface area (Å²) in [7, 11) is 0. The lowest BCUT2D eigenvalue weighted by Gasteiger charge is -2.34. The molecule has 0 bridgehead atoms. The molecule has 5 amide bonds. The number of amides is 5. The van der Waals surface area contributed by atoms with E-state index in [1.165, 1.54) is 6.42 Å². The van der Waals surface area contributed by atoms with Gasteiger partial charge in [0.1, 0.15) is 0 Å². The molecule has 2 aliphatic rings. The fraction of sp³-hybridized carbons (Fsp3) is 0.571. The predicted molar refractivity (Wildman–Crippen MR) is 117 cm³/mol. The first-order chi connectivity index (χ1) is 14.4. The number of hydrogen-bond donors (Lipinski definition) is 3. The van der Waals surface area contributed by atoms with Crippen molar-refractivity contribution in [1.82, 2.24) is 20.4 Å². The molecule has 1 heterocycles. The smallest absolute Gasteiger partial charge is 0.321 e. The summed E-state index contributed by atoms with van der Waals surface area (Å²) in [6, 6.07) is 4.97. The van der Waals surface area contributed by atoms with Crippen molar-refractivity contribution in [3.8, 4) is 0 Å². The van der Waals surface area contributed by atoms with E-state index < -0.39 is 6.03 Å². The maximum atomic E-state index is 12.4. The number of nitrogens with zero attached hydrogens (tertiary/aromatic N) is 2. The number of rotatable bonds is 4. The number of carbonyl (C=O) groups is 3. The van der Waals surface area contributed by atoms with Gasteiger partial charge in [0.25, 0.3) is 0 Å². The lowest BCUT2D eigenvalue weighted by atomic mass is 9.96. The van der Waals surface area contributed by atoms with E-state index in [-0.39, 0.29) is 24.5 Å². The Kier molecular flexibility index (Phi) is 7.93. The van der Waals surface area contributed by atoms with Gasteiger partial charge in [-0.1, -0.05) is 36.9 Å². The number of imide groups is 1. The molecule has 0 aromatic heterocycles. The molecule has 30 heavy (non-hydrogen) atoms. The summed E-state index contributed by atoms with van der Waals surface area (Å²) in [6.07, 6.45) is 5.39. The van der Waals surface area contributed by atoms with Gasteiger partial charge in [0, 0.05) is 42.9 Å². The lowest BCUT2D eigenvalue weighted by Crippen LogP contribution is -2.53. The Balaban J connectivity index is 1.37. The van der Waals surface area contributed by atoms with Crippen LogP contribution < -0.4 is 16.0 Å². The van der Waals surface area contributed by atoms with Crippen LogP contribution in [0.4, 0.5) is 15.3 Å². The average molecular weight is 436 g/mol. The molecule has 8 nitrogen and oxygen atoms in total. The van der Waals surface area contributed by atoms with Gasteiger partial charge in [-0.25, -0.2) is 9.59 Å². The van der Waals surface area contributed by atoms with Gasteiger partial charge in [-0.15, -0.1) is 0 Å². The van der Waals surface area contributed by atoms with Crippen molar-refractivity contribution in [2.45, 2.75) is 45.1 Å². The van der Waals surface area contributed by atoms with Gasteiger partial charge in [-0.3, -0.25) is 15.0 Å². The number of benzene rings is 1. The molecule has 1 saturated carbocycles. The third kappa shape index (κ3) is 6.60. The topological polar surface area (TPSA) is 93.8 Å². The second kappa shape index (κ2) is 10.6. The quantitative estimate of drug-likeness (QED) is 0.677. The zero-order valence-electron chi connectivity index (χ0n) is 17.4. The molecule has 1 saturated heterocycles. The number of hydrogen-bond acceptors (Lipinski definition) is 4. The van der Waals surface area contributed by atoms with Gasteiger partial charge in [0.2, 0.25) is 5.91 Å². The van der Waals surface area contributed by atoms with Crippen LogP contribution in [-0.2, 0) is 4.79 Å². The van der Waals surface area contributed by atoms with Crippen molar-refractivity contribution in [1.29, 1.82) is 0 Å². The van der Waals surface area contributed by atoms with Crippen molar-refractivity contribution in [3.05, 3.63) is 28.8 Å². The molecule has 3 rings (SSSR count). The summed E-state index contributed by atoms with van der Waals surface area (Å²) in [5.74, 6) is -0.324. The number of halogens is 1. The highest BCUT2D eigenvalue weighted by Gasteiger charge is 2.23. The van der Waals surface area contributed by atoms with Crippen molar-refractivity contribution in [2.75, 3.05) is 38.0 Å². The third-order valence-electron chi connectivity index (χ3n) is 5.64. The van der Waals surface area contributed by atoms with Gasteiger partial charge < -0.3 is 15.5 Å². The van der Waals surface area contributed by atoms with E-state index in [1.54, 1.807) is 11.0 Å². The first-order valence-corrected chi connectivity index (χ1v) is 10.9. The highest BCUT2D eigenvalue weighted by atomic mass is 35.5. The fourth-order valence-electron chi connectivity index (χ4n) is 3.82. The average Bonchev–Trinajstić information content (AvgIpc) is 2.72. The SMILES string of the molecule is Cc1ccc(NC(=O)N2CCN(CC(=O)NC(=O)NC3CCCCC3)CC2)cc1Cl. The Labute approximate surface area is 182 Å². The van der Waals surface area contributed by atoms with E-state index in [4.69, 9.17) is 11.6 Å². The van der Waals surface area contributed by atoms with Crippen LogP contribution in [0.15, 0.2) is 18.2 Å². The maximum absolute atomic E-state index is 12.4. The Morgan fingerprint density at radius 1 is 1.07 bits per heavy atom. The molecule has 1 aromatic rings. The van der Waals surface area contributed by atoms with E-state index in [1.807, 2.05) is 24.0 Å². The summed E-state index contributed by atoms with van der Waals surface area (Å²) in [5, 5.41) is 8.75. The summed E-state index contributed by atoms with van der Waals surface area (Å²) >= 11 is 6.10. The molecule has 3 N–H and O–H groups in total. The molecular formula is C21H30ClN5O3. The molecule has 0 spiro atoms. The van der Waals surface area contributed by atoms with Crippen LogP contribution in [0.3, 0.4) is 0 Å². The van der Waals surface area contributed by atoms with E-state index in [0.717, 1.165) is 31.2 Å². The van der Waals surface area contributed by atoms with Crippen molar-refractivity contribution in [2.24, 2.45) is 0 Å². The minimum atomic E-state index is -0.415. The first-order valence-electron chi connectivity index (χ1n) is 10.6. The van der Waals surface area contributed by atoms with Crippen molar-refractivity contribution in [3.63, 3.8) is 0 Å². The molecular weight excluding hydrogens is 406 g/mol. The van der Waals surface area contributed by atoms with E-state index >= 15 is 0 Å². The van der Waals surface area contributed by atoms with Crippen LogP contribution in [0.5, 0.6) is 0 Å². The van der Waals surface area contributed by atoms with E-state index in [2.05, 4.69) is 16.0 Å². The summed E-state index contributed by atoms with van der Waals surface area (Å²) in [6.45, 7) is 4.20. The van der Waals surface area contributed by atoms with E-state index in [9.17, 15) is 14.4 Å². The predicted octanol–water partition coefficient (Wildman–Crippen LogP) is 2.96. The van der Waals surface area contributed by atoms with Crippen molar-refractivity contribution >= 4 is 35.3 Å². The zero-order valence-corrected chi connectivity index (χ0v) is 18.1. The van der Waals surface area contributed by atoms with Crippen LogP contribution in [0.2, 0.25) is 5.02 Å². The van der Waals surface area contributed by atoms with Gasteiger partial charge >= 0.3 is 12.1 Å². The van der Waals surface area contributed by atoms with Gasteiger partial charge in [-0.05, 0) is 37.5 Å². The zero-order chi connectivity index (χ0) is 21.5. The van der Waals surface area contributed by atoms with Gasteiger partial charge in [-0.2, -0.15) is 0 Å². The molecule has 1 aliphatic heterocycles. The van der Waals surface area contributed by atoms with Gasteiger partial charge in [0.05, 0.1) is 6.54 Å². The van der Waals surface area contributed by atoms with E-state index in [0.29, 0.717) is 36.9 Å². The number of piperazine rings is 1. The van der Waals surface area contributed by atoms with Crippen LogP contribution in [-0.4, -0.2) is 66.5 Å². The normalized spacial score (nSPS) is 18.0. The lowest BCUT2D eigenvalue weighted by molar-refractivity contribution is -0.121. The standard InChI is InChI=1S/C21H30ClN5O3/c1-15-7-8-17(13-18(15)22)24-21(30)27-11-9-26(10-12-27)14-19(28)25-20(29)23-16-5-3-2-4-6-16/h7-8,13,16H,2-6,9-12,14H2,1H3,(H,24,30)(H2,23,25,28,29). The largest absolute Gasteiger partial charge is 0.335 e. The van der Waals surface area contributed by atoms with Crippen LogP contribution in [0.1, 0.15) is 37.7 Å². The minimum Gasteiger partial charge on any atom is -0.335 e. The molecule has 0 radical (unpaired) electrons.